The average Bonchev–Trinajstić information content (AvgIpc) is 3.11. The summed E-state index contributed by atoms with van der Waals surface area (Å²) < 4.78 is 7.44. The molecule has 5 rings (SSSR count). The van der Waals surface area contributed by atoms with Crippen LogP contribution in [0, 0.1) is 0 Å². The number of fused-ring (bicyclic) bond motifs is 2. The van der Waals surface area contributed by atoms with Crippen LogP contribution >= 0.6 is 0 Å². The molecule has 0 bridgehead atoms. The lowest BCUT2D eigenvalue weighted by Gasteiger charge is -2.06. The zero-order chi connectivity index (χ0) is 18.1. The SMILES string of the molecule is c1cnc2ccc(Cn3nnc4ncc(Oc5ccncc5)nc43)cc2c1. The molecule has 0 radical (unpaired) electrons. The second kappa shape index (κ2) is 6.41. The van der Waals surface area contributed by atoms with Gasteiger partial charge in [0.15, 0.2) is 0 Å². The van der Waals surface area contributed by atoms with E-state index in [4.69, 9.17) is 4.74 Å². The predicted octanol–water partition coefficient (Wildman–Crippen LogP) is 3.01. The molecule has 0 aliphatic rings. The molecule has 130 valence electrons. The highest BCUT2D eigenvalue weighted by Gasteiger charge is 2.11. The summed E-state index contributed by atoms with van der Waals surface area (Å²) in [5, 5.41) is 9.34. The van der Waals surface area contributed by atoms with Crippen LogP contribution in [-0.4, -0.2) is 34.9 Å². The third-order valence-electron chi connectivity index (χ3n) is 4.08. The number of benzene rings is 1. The predicted molar refractivity (Wildman–Crippen MR) is 98.3 cm³/mol. The van der Waals surface area contributed by atoms with Crippen molar-refractivity contribution in [2.75, 3.05) is 0 Å². The quantitative estimate of drug-likeness (QED) is 0.489. The maximum atomic E-state index is 5.73. The second-order valence-corrected chi connectivity index (χ2v) is 5.92. The Morgan fingerprint density at radius 1 is 0.963 bits per heavy atom. The minimum absolute atomic E-state index is 0.375. The molecule has 0 fully saturated rings. The first kappa shape index (κ1) is 15.3. The van der Waals surface area contributed by atoms with E-state index in [1.165, 1.54) is 6.20 Å². The molecule has 0 aliphatic heterocycles. The van der Waals surface area contributed by atoms with Gasteiger partial charge in [-0.15, -0.1) is 5.10 Å². The Morgan fingerprint density at radius 2 is 1.89 bits per heavy atom. The number of hydrogen-bond donors (Lipinski definition) is 0. The van der Waals surface area contributed by atoms with Crippen LogP contribution in [0.2, 0.25) is 0 Å². The summed E-state index contributed by atoms with van der Waals surface area (Å²) in [7, 11) is 0. The van der Waals surface area contributed by atoms with Crippen LogP contribution in [0.3, 0.4) is 0 Å². The summed E-state index contributed by atoms with van der Waals surface area (Å²) >= 11 is 0. The molecule has 0 atom stereocenters. The van der Waals surface area contributed by atoms with Gasteiger partial charge in [-0.25, -0.2) is 9.67 Å². The Labute approximate surface area is 153 Å². The Kier molecular flexibility index (Phi) is 3.64. The van der Waals surface area contributed by atoms with Gasteiger partial charge in [-0.1, -0.05) is 17.3 Å². The summed E-state index contributed by atoms with van der Waals surface area (Å²) in [5.41, 5.74) is 3.06. The van der Waals surface area contributed by atoms with E-state index in [9.17, 15) is 0 Å². The van der Waals surface area contributed by atoms with E-state index in [1.54, 1.807) is 35.4 Å². The third-order valence-corrected chi connectivity index (χ3v) is 4.08. The molecule has 0 amide bonds. The smallest absolute Gasteiger partial charge is 0.240 e. The minimum Gasteiger partial charge on any atom is -0.437 e. The molecule has 27 heavy (non-hydrogen) atoms. The lowest BCUT2D eigenvalue weighted by atomic mass is 10.1. The van der Waals surface area contributed by atoms with E-state index in [2.05, 4.69) is 36.3 Å². The van der Waals surface area contributed by atoms with Gasteiger partial charge < -0.3 is 4.74 Å². The van der Waals surface area contributed by atoms with Crippen molar-refractivity contribution in [1.29, 1.82) is 0 Å². The van der Waals surface area contributed by atoms with Crippen molar-refractivity contribution in [3.63, 3.8) is 0 Å². The van der Waals surface area contributed by atoms with Crippen LogP contribution in [0.4, 0.5) is 0 Å². The van der Waals surface area contributed by atoms with Gasteiger partial charge in [0.25, 0.3) is 0 Å². The minimum atomic E-state index is 0.375. The first-order valence-corrected chi connectivity index (χ1v) is 8.33. The van der Waals surface area contributed by atoms with Crippen LogP contribution in [0.25, 0.3) is 22.2 Å². The fourth-order valence-electron chi connectivity index (χ4n) is 2.82. The van der Waals surface area contributed by atoms with E-state index >= 15 is 0 Å². The summed E-state index contributed by atoms with van der Waals surface area (Å²) in [6.45, 7) is 0.523. The fraction of sp³-hybridized carbons (Fsp3) is 0.0526. The fourth-order valence-corrected chi connectivity index (χ4v) is 2.82. The Hall–Kier alpha value is -3.94. The number of aromatic nitrogens is 7. The maximum absolute atomic E-state index is 5.73. The largest absolute Gasteiger partial charge is 0.437 e. The molecular weight excluding hydrogens is 342 g/mol. The highest BCUT2D eigenvalue weighted by atomic mass is 16.5. The first-order valence-electron chi connectivity index (χ1n) is 8.33. The highest BCUT2D eigenvalue weighted by molar-refractivity contribution is 5.79. The number of nitrogens with zero attached hydrogens (tertiary/aromatic N) is 7. The molecule has 0 saturated heterocycles. The van der Waals surface area contributed by atoms with Crippen molar-refractivity contribution >= 4 is 22.2 Å². The van der Waals surface area contributed by atoms with Crippen molar-refractivity contribution in [2.45, 2.75) is 6.54 Å². The molecule has 0 N–H and O–H groups in total. The number of pyridine rings is 2. The molecule has 0 aliphatic carbocycles. The molecule has 0 spiro atoms. The number of hydrogen-bond acceptors (Lipinski definition) is 7. The third kappa shape index (κ3) is 3.04. The molecule has 0 saturated carbocycles. The van der Waals surface area contributed by atoms with E-state index < -0.39 is 0 Å². The lowest BCUT2D eigenvalue weighted by molar-refractivity contribution is 0.460. The van der Waals surface area contributed by atoms with Gasteiger partial charge in [0, 0.05) is 24.0 Å². The number of ether oxygens (including phenoxy) is 1. The van der Waals surface area contributed by atoms with Crippen molar-refractivity contribution in [3.8, 4) is 11.6 Å². The Balaban J connectivity index is 1.48. The number of rotatable bonds is 4. The van der Waals surface area contributed by atoms with Gasteiger partial charge >= 0.3 is 0 Å². The molecule has 0 unspecified atom stereocenters. The van der Waals surface area contributed by atoms with Crippen LogP contribution in [0.5, 0.6) is 11.6 Å². The van der Waals surface area contributed by atoms with E-state index in [0.29, 0.717) is 29.5 Å². The topological polar surface area (TPSA) is 91.5 Å². The average molecular weight is 355 g/mol. The molecule has 8 nitrogen and oxygen atoms in total. The summed E-state index contributed by atoms with van der Waals surface area (Å²) in [4.78, 5) is 17.1. The summed E-state index contributed by atoms with van der Waals surface area (Å²) in [6, 6.07) is 13.6. The summed E-state index contributed by atoms with van der Waals surface area (Å²) in [5.74, 6) is 1.01. The van der Waals surface area contributed by atoms with Crippen LogP contribution < -0.4 is 4.74 Å². The van der Waals surface area contributed by atoms with Crippen molar-refractivity contribution in [3.05, 3.63) is 72.8 Å². The van der Waals surface area contributed by atoms with Gasteiger partial charge in [-0.05, 0) is 35.9 Å². The molecule has 8 heteroatoms. The van der Waals surface area contributed by atoms with Gasteiger partial charge in [0.2, 0.25) is 17.2 Å². The van der Waals surface area contributed by atoms with E-state index in [0.717, 1.165) is 16.5 Å². The van der Waals surface area contributed by atoms with Crippen LogP contribution in [-0.2, 0) is 6.54 Å². The highest BCUT2D eigenvalue weighted by Crippen LogP contribution is 2.20. The zero-order valence-electron chi connectivity index (χ0n) is 14.1. The molecular formula is C19H13N7O. The van der Waals surface area contributed by atoms with Crippen molar-refractivity contribution in [1.82, 2.24) is 34.9 Å². The normalized spacial score (nSPS) is 11.1. The van der Waals surface area contributed by atoms with Crippen LogP contribution in [0.1, 0.15) is 5.56 Å². The second-order valence-electron chi connectivity index (χ2n) is 5.92. The van der Waals surface area contributed by atoms with Gasteiger partial charge in [0.1, 0.15) is 5.75 Å². The standard InChI is InChI=1S/C19H13N7O/c1-2-14-10-13(3-4-16(14)21-7-1)12-26-19-18(24-25-26)22-11-17(23-19)27-15-5-8-20-9-6-15/h1-11H,12H2. The zero-order valence-corrected chi connectivity index (χ0v) is 14.1. The van der Waals surface area contributed by atoms with Crippen molar-refractivity contribution in [2.24, 2.45) is 0 Å². The summed E-state index contributed by atoms with van der Waals surface area (Å²) in [6.07, 6.45) is 6.62. The van der Waals surface area contributed by atoms with Crippen LogP contribution in [0.15, 0.2) is 67.3 Å². The van der Waals surface area contributed by atoms with Gasteiger partial charge in [-0.2, -0.15) is 4.98 Å². The molecule has 1 aromatic carbocycles. The molecule has 4 heterocycles. The first-order chi connectivity index (χ1) is 13.3. The Bertz CT molecular complexity index is 1240. The lowest BCUT2D eigenvalue weighted by Crippen LogP contribution is -2.03. The van der Waals surface area contributed by atoms with Crippen molar-refractivity contribution < 1.29 is 4.74 Å². The molecule has 5 aromatic rings. The maximum Gasteiger partial charge on any atom is 0.240 e. The van der Waals surface area contributed by atoms with E-state index in [-0.39, 0.29) is 0 Å². The van der Waals surface area contributed by atoms with Gasteiger partial charge in [-0.3, -0.25) is 9.97 Å². The van der Waals surface area contributed by atoms with E-state index in [1.807, 2.05) is 24.3 Å². The Morgan fingerprint density at radius 3 is 2.81 bits per heavy atom. The monoisotopic (exact) mass is 355 g/mol. The van der Waals surface area contributed by atoms with Gasteiger partial charge in [0.05, 0.1) is 18.3 Å². The molecule has 4 aromatic heterocycles.